The molecule has 0 aliphatic carbocycles. The molecule has 20 heavy (non-hydrogen) atoms. The van der Waals surface area contributed by atoms with Crippen LogP contribution < -0.4 is 5.32 Å². The number of hydrogen-bond acceptors (Lipinski definition) is 5. The molecule has 0 aliphatic heterocycles. The Kier molecular flexibility index (Phi) is 6.06. The highest BCUT2D eigenvalue weighted by molar-refractivity contribution is 7.08. The van der Waals surface area contributed by atoms with Gasteiger partial charge in [-0.05, 0) is 29.8 Å². The molecule has 0 aromatic carbocycles. The Morgan fingerprint density at radius 3 is 2.45 bits per heavy atom. The van der Waals surface area contributed by atoms with Crippen LogP contribution in [0.15, 0.2) is 0 Å². The molecule has 0 saturated heterocycles. The molecule has 2 N–H and O–H groups in total. The average molecular weight is 299 g/mol. The molecule has 1 aromatic rings. The van der Waals surface area contributed by atoms with Crippen LogP contribution >= 0.6 is 11.5 Å². The van der Waals surface area contributed by atoms with Crippen LogP contribution in [0.3, 0.4) is 0 Å². The molecule has 1 aromatic heterocycles. The van der Waals surface area contributed by atoms with Crippen LogP contribution in [0, 0.1) is 11.8 Å². The second kappa shape index (κ2) is 7.33. The summed E-state index contributed by atoms with van der Waals surface area (Å²) in [5.74, 6) is -1.36. The lowest BCUT2D eigenvalue weighted by Gasteiger charge is -2.15. The average Bonchev–Trinajstić information content (AvgIpc) is 2.82. The van der Waals surface area contributed by atoms with Crippen molar-refractivity contribution >= 4 is 23.4 Å². The van der Waals surface area contributed by atoms with Gasteiger partial charge in [0.1, 0.15) is 4.88 Å². The third-order valence-electron chi connectivity index (χ3n) is 2.88. The first-order valence-corrected chi connectivity index (χ1v) is 7.43. The van der Waals surface area contributed by atoms with Gasteiger partial charge in [0, 0.05) is 6.54 Å². The maximum Gasteiger partial charge on any atom is 0.308 e. The monoisotopic (exact) mass is 299 g/mol. The van der Waals surface area contributed by atoms with E-state index >= 15 is 0 Å². The van der Waals surface area contributed by atoms with E-state index in [9.17, 15) is 9.59 Å². The van der Waals surface area contributed by atoms with Gasteiger partial charge in [0.05, 0.1) is 11.6 Å². The number of aromatic nitrogens is 2. The van der Waals surface area contributed by atoms with E-state index in [2.05, 4.69) is 14.9 Å². The van der Waals surface area contributed by atoms with E-state index in [1.54, 1.807) is 0 Å². The molecule has 1 heterocycles. The fraction of sp³-hybridized carbons (Fsp3) is 0.692. The summed E-state index contributed by atoms with van der Waals surface area (Å²) in [7, 11) is 0. The van der Waals surface area contributed by atoms with Crippen molar-refractivity contribution in [2.45, 2.75) is 40.0 Å². The van der Waals surface area contributed by atoms with Crippen molar-refractivity contribution in [1.82, 2.24) is 14.9 Å². The van der Waals surface area contributed by atoms with Gasteiger partial charge in [-0.15, -0.1) is 5.10 Å². The Morgan fingerprint density at radius 1 is 1.30 bits per heavy atom. The first-order chi connectivity index (χ1) is 9.32. The van der Waals surface area contributed by atoms with Gasteiger partial charge in [0.25, 0.3) is 5.91 Å². The van der Waals surface area contributed by atoms with E-state index in [4.69, 9.17) is 5.11 Å². The fourth-order valence-corrected chi connectivity index (χ4v) is 2.61. The number of carbonyl (C=O) groups is 2. The zero-order chi connectivity index (χ0) is 15.3. The molecule has 1 atom stereocenters. The maximum atomic E-state index is 12.1. The number of nitrogens with zero attached hydrogens (tertiary/aromatic N) is 2. The number of rotatable bonds is 7. The minimum Gasteiger partial charge on any atom is -0.481 e. The molecule has 6 nitrogen and oxygen atoms in total. The van der Waals surface area contributed by atoms with Gasteiger partial charge < -0.3 is 10.4 Å². The van der Waals surface area contributed by atoms with Crippen molar-refractivity contribution in [3.05, 3.63) is 10.6 Å². The highest BCUT2D eigenvalue weighted by Crippen LogP contribution is 2.19. The number of hydrogen-bond donors (Lipinski definition) is 2. The third-order valence-corrected chi connectivity index (χ3v) is 3.62. The topological polar surface area (TPSA) is 92.2 Å². The predicted molar refractivity (Wildman–Crippen MR) is 76.9 cm³/mol. The molecule has 0 radical (unpaired) electrons. The molecule has 0 saturated carbocycles. The molecule has 112 valence electrons. The number of amides is 1. The highest BCUT2D eigenvalue weighted by Gasteiger charge is 2.23. The minimum absolute atomic E-state index is 0.112. The van der Waals surface area contributed by atoms with Crippen LogP contribution in [-0.2, 0) is 4.79 Å². The Morgan fingerprint density at radius 2 is 1.95 bits per heavy atom. The van der Waals surface area contributed by atoms with E-state index < -0.39 is 11.9 Å². The lowest BCUT2D eigenvalue weighted by Crippen LogP contribution is -2.33. The molecular formula is C13H21N3O3S. The number of carboxylic acid groups (broad SMARTS) is 1. The normalized spacial score (nSPS) is 12.7. The second-order valence-corrected chi connectivity index (χ2v) is 6.27. The van der Waals surface area contributed by atoms with Crippen LogP contribution in [0.1, 0.15) is 55.4 Å². The second-order valence-electron chi connectivity index (χ2n) is 5.52. The predicted octanol–water partition coefficient (Wildman–Crippen LogP) is 2.14. The minimum atomic E-state index is -0.884. The standard InChI is InChI=1S/C13H21N3O3S/c1-7(2)5-9(13(18)19)6-14-12(17)11-10(8(3)4)15-16-20-11/h7-9H,5-6H2,1-4H3,(H,14,17)(H,18,19). The Labute approximate surface area is 122 Å². The summed E-state index contributed by atoms with van der Waals surface area (Å²) in [4.78, 5) is 23.7. The van der Waals surface area contributed by atoms with Gasteiger partial charge in [-0.25, -0.2) is 0 Å². The zero-order valence-electron chi connectivity index (χ0n) is 12.2. The van der Waals surface area contributed by atoms with Gasteiger partial charge in [-0.1, -0.05) is 32.2 Å². The van der Waals surface area contributed by atoms with Crippen molar-refractivity contribution in [1.29, 1.82) is 0 Å². The molecule has 0 spiro atoms. The Bertz CT molecular complexity index is 471. The van der Waals surface area contributed by atoms with E-state index in [0.717, 1.165) is 11.5 Å². The molecule has 0 aliphatic rings. The van der Waals surface area contributed by atoms with Crippen LogP contribution in [0.25, 0.3) is 0 Å². The largest absolute Gasteiger partial charge is 0.481 e. The molecule has 7 heteroatoms. The van der Waals surface area contributed by atoms with Gasteiger partial charge in [-0.3, -0.25) is 9.59 Å². The quantitative estimate of drug-likeness (QED) is 0.804. The van der Waals surface area contributed by atoms with Gasteiger partial charge in [-0.2, -0.15) is 0 Å². The maximum absolute atomic E-state index is 12.1. The van der Waals surface area contributed by atoms with Crippen LogP contribution in [0.2, 0.25) is 0 Å². The van der Waals surface area contributed by atoms with Crippen molar-refractivity contribution < 1.29 is 14.7 Å². The first-order valence-electron chi connectivity index (χ1n) is 6.66. The van der Waals surface area contributed by atoms with E-state index in [0.29, 0.717) is 17.0 Å². The Balaban J connectivity index is 2.66. The van der Waals surface area contributed by atoms with E-state index in [-0.39, 0.29) is 24.3 Å². The highest BCUT2D eigenvalue weighted by atomic mass is 32.1. The molecule has 1 unspecified atom stereocenters. The summed E-state index contributed by atoms with van der Waals surface area (Å²) in [6.07, 6.45) is 0.535. The van der Waals surface area contributed by atoms with Crippen LogP contribution in [0.4, 0.5) is 0 Å². The van der Waals surface area contributed by atoms with Crippen molar-refractivity contribution in [3.8, 4) is 0 Å². The van der Waals surface area contributed by atoms with Gasteiger partial charge in [0.2, 0.25) is 0 Å². The van der Waals surface area contributed by atoms with Gasteiger partial charge >= 0.3 is 5.97 Å². The summed E-state index contributed by atoms with van der Waals surface area (Å²) >= 11 is 1.04. The molecule has 1 rings (SSSR count). The molecule has 0 bridgehead atoms. The summed E-state index contributed by atoms with van der Waals surface area (Å²) < 4.78 is 3.79. The third kappa shape index (κ3) is 4.56. The number of carboxylic acids is 1. The number of nitrogens with one attached hydrogen (secondary N) is 1. The van der Waals surface area contributed by atoms with Crippen molar-refractivity contribution in [2.75, 3.05) is 6.54 Å². The summed E-state index contributed by atoms with van der Waals surface area (Å²) in [5.41, 5.74) is 0.656. The lowest BCUT2D eigenvalue weighted by molar-refractivity contribution is -0.142. The summed E-state index contributed by atoms with van der Waals surface area (Å²) in [5, 5.41) is 15.8. The smallest absolute Gasteiger partial charge is 0.308 e. The molecular weight excluding hydrogens is 278 g/mol. The summed E-state index contributed by atoms with van der Waals surface area (Å²) in [6, 6.07) is 0. The fourth-order valence-electron chi connectivity index (χ4n) is 1.87. The van der Waals surface area contributed by atoms with Gasteiger partial charge in [0.15, 0.2) is 0 Å². The first kappa shape index (κ1) is 16.6. The number of aliphatic carboxylic acids is 1. The van der Waals surface area contributed by atoms with Crippen molar-refractivity contribution in [3.63, 3.8) is 0 Å². The van der Waals surface area contributed by atoms with E-state index in [1.807, 2.05) is 27.7 Å². The Hall–Kier alpha value is -1.50. The zero-order valence-corrected chi connectivity index (χ0v) is 13.0. The number of carbonyl (C=O) groups excluding carboxylic acids is 1. The SMILES string of the molecule is CC(C)CC(CNC(=O)c1snnc1C(C)C)C(=O)O. The van der Waals surface area contributed by atoms with Crippen LogP contribution in [0.5, 0.6) is 0 Å². The van der Waals surface area contributed by atoms with Crippen LogP contribution in [-0.4, -0.2) is 33.1 Å². The molecule has 1 amide bonds. The lowest BCUT2D eigenvalue weighted by atomic mass is 9.97. The van der Waals surface area contributed by atoms with E-state index in [1.165, 1.54) is 0 Å². The van der Waals surface area contributed by atoms with Crippen molar-refractivity contribution in [2.24, 2.45) is 11.8 Å². The molecule has 0 fully saturated rings. The summed E-state index contributed by atoms with van der Waals surface area (Å²) in [6.45, 7) is 7.92.